The van der Waals surface area contributed by atoms with E-state index in [4.69, 9.17) is 0 Å². The van der Waals surface area contributed by atoms with E-state index in [2.05, 4.69) is 6.92 Å². The van der Waals surface area contributed by atoms with Crippen LogP contribution in [0.2, 0.25) is 0 Å². The minimum atomic E-state index is -1.04. The standard InChI is InChI=1S/C27H40O3/c1-2-3-4-5-6-7-8-9-10-11-12-13-14-15-20-24-23-19-17-16-18-22(23)21-25(28)26(24)27(29)30/h16-19,21,28H,2-15,20H2,1H3,(H,29,30). The lowest BCUT2D eigenvalue weighted by Crippen LogP contribution is -2.04. The Kier molecular flexibility index (Phi) is 11.4. The van der Waals surface area contributed by atoms with Gasteiger partial charge in [-0.05, 0) is 35.2 Å². The van der Waals surface area contributed by atoms with Crippen LogP contribution < -0.4 is 0 Å². The second-order valence-electron chi connectivity index (χ2n) is 8.62. The van der Waals surface area contributed by atoms with Crippen molar-refractivity contribution < 1.29 is 15.0 Å². The minimum absolute atomic E-state index is 0.0726. The molecule has 0 radical (unpaired) electrons. The normalized spacial score (nSPS) is 11.2. The maximum absolute atomic E-state index is 11.7. The van der Waals surface area contributed by atoms with Crippen LogP contribution in [-0.4, -0.2) is 16.2 Å². The van der Waals surface area contributed by atoms with Gasteiger partial charge in [0.15, 0.2) is 0 Å². The van der Waals surface area contributed by atoms with E-state index >= 15 is 0 Å². The number of hydrogen-bond acceptors (Lipinski definition) is 2. The Labute approximate surface area is 182 Å². The van der Waals surface area contributed by atoms with Gasteiger partial charge in [-0.2, -0.15) is 0 Å². The fourth-order valence-electron chi connectivity index (χ4n) is 4.40. The lowest BCUT2D eigenvalue weighted by atomic mass is 9.93. The fraction of sp³-hybridized carbons (Fsp3) is 0.593. The average Bonchev–Trinajstić information content (AvgIpc) is 2.73. The Morgan fingerprint density at radius 1 is 0.767 bits per heavy atom. The average molecular weight is 413 g/mol. The third-order valence-corrected chi connectivity index (χ3v) is 6.13. The quantitative estimate of drug-likeness (QED) is 0.273. The zero-order valence-corrected chi connectivity index (χ0v) is 18.8. The summed E-state index contributed by atoms with van der Waals surface area (Å²) < 4.78 is 0. The second kappa shape index (κ2) is 14.1. The highest BCUT2D eigenvalue weighted by atomic mass is 16.4. The molecule has 0 aliphatic carbocycles. The van der Waals surface area contributed by atoms with Gasteiger partial charge in [0.25, 0.3) is 0 Å². The van der Waals surface area contributed by atoms with Crippen LogP contribution >= 0.6 is 0 Å². The molecule has 2 aromatic rings. The van der Waals surface area contributed by atoms with E-state index in [1.54, 1.807) is 6.07 Å². The summed E-state index contributed by atoms with van der Waals surface area (Å²) in [5, 5.41) is 21.6. The number of hydrogen-bond donors (Lipinski definition) is 2. The van der Waals surface area contributed by atoms with Gasteiger partial charge in [-0.25, -0.2) is 4.79 Å². The highest BCUT2D eigenvalue weighted by molar-refractivity contribution is 6.00. The van der Waals surface area contributed by atoms with Gasteiger partial charge >= 0.3 is 5.97 Å². The summed E-state index contributed by atoms with van der Waals surface area (Å²) in [7, 11) is 0. The first-order valence-electron chi connectivity index (χ1n) is 12.1. The Balaban J connectivity index is 1.64. The summed E-state index contributed by atoms with van der Waals surface area (Å²) >= 11 is 0. The SMILES string of the molecule is CCCCCCCCCCCCCCCCc1c(C(=O)O)c(O)cc2ccccc12. The van der Waals surface area contributed by atoms with Gasteiger partial charge in [0.05, 0.1) is 0 Å². The van der Waals surface area contributed by atoms with E-state index in [1.165, 1.54) is 77.0 Å². The Bertz CT molecular complexity index is 766. The van der Waals surface area contributed by atoms with E-state index in [0.717, 1.165) is 29.2 Å². The molecule has 0 aromatic heterocycles. The van der Waals surface area contributed by atoms with E-state index in [0.29, 0.717) is 6.42 Å². The van der Waals surface area contributed by atoms with E-state index in [-0.39, 0.29) is 11.3 Å². The van der Waals surface area contributed by atoms with Crippen molar-refractivity contribution in [1.82, 2.24) is 0 Å². The van der Waals surface area contributed by atoms with Crippen LogP contribution in [0.3, 0.4) is 0 Å². The largest absolute Gasteiger partial charge is 0.507 e. The molecular weight excluding hydrogens is 372 g/mol. The molecule has 166 valence electrons. The van der Waals surface area contributed by atoms with Crippen LogP contribution in [-0.2, 0) is 6.42 Å². The first-order chi connectivity index (χ1) is 14.6. The lowest BCUT2D eigenvalue weighted by Gasteiger charge is -2.12. The Hall–Kier alpha value is -2.03. The second-order valence-corrected chi connectivity index (χ2v) is 8.62. The summed E-state index contributed by atoms with van der Waals surface area (Å²) in [5.41, 5.74) is 0.848. The molecule has 0 spiro atoms. The van der Waals surface area contributed by atoms with Gasteiger partial charge in [0.1, 0.15) is 11.3 Å². The number of benzene rings is 2. The fourth-order valence-corrected chi connectivity index (χ4v) is 4.40. The van der Waals surface area contributed by atoms with Crippen molar-refractivity contribution in [1.29, 1.82) is 0 Å². The monoisotopic (exact) mass is 412 g/mol. The molecule has 2 N–H and O–H groups in total. The van der Waals surface area contributed by atoms with Crippen LogP contribution in [0.1, 0.15) is 113 Å². The van der Waals surface area contributed by atoms with E-state index in [9.17, 15) is 15.0 Å². The lowest BCUT2D eigenvalue weighted by molar-refractivity contribution is 0.0692. The molecule has 2 rings (SSSR count). The number of unbranched alkanes of at least 4 members (excludes halogenated alkanes) is 13. The minimum Gasteiger partial charge on any atom is -0.507 e. The first-order valence-corrected chi connectivity index (χ1v) is 12.1. The van der Waals surface area contributed by atoms with Crippen LogP contribution in [0, 0.1) is 0 Å². The molecular formula is C27H40O3. The van der Waals surface area contributed by atoms with E-state index < -0.39 is 5.97 Å². The smallest absolute Gasteiger partial charge is 0.339 e. The zero-order chi connectivity index (χ0) is 21.6. The van der Waals surface area contributed by atoms with Crippen LogP contribution in [0.25, 0.3) is 10.8 Å². The molecule has 0 aliphatic rings. The molecule has 0 unspecified atom stereocenters. The molecule has 2 aromatic carbocycles. The predicted octanol–water partition coefficient (Wildman–Crippen LogP) is 8.27. The number of aromatic carboxylic acids is 1. The molecule has 30 heavy (non-hydrogen) atoms. The van der Waals surface area contributed by atoms with Crippen molar-refractivity contribution in [2.45, 2.75) is 103 Å². The highest BCUT2D eigenvalue weighted by Gasteiger charge is 2.18. The Morgan fingerprint density at radius 3 is 1.80 bits per heavy atom. The highest BCUT2D eigenvalue weighted by Crippen LogP contribution is 2.31. The number of rotatable bonds is 16. The van der Waals surface area contributed by atoms with E-state index in [1.807, 2.05) is 24.3 Å². The summed E-state index contributed by atoms with van der Waals surface area (Å²) in [5.74, 6) is -1.17. The van der Waals surface area contributed by atoms with Gasteiger partial charge < -0.3 is 10.2 Å². The third-order valence-electron chi connectivity index (χ3n) is 6.13. The van der Waals surface area contributed by atoms with Crippen LogP contribution in [0.15, 0.2) is 30.3 Å². The third kappa shape index (κ3) is 8.01. The molecule has 0 saturated carbocycles. The summed E-state index contributed by atoms with van der Waals surface area (Å²) in [6.45, 7) is 2.27. The van der Waals surface area contributed by atoms with Gasteiger partial charge in [0.2, 0.25) is 0 Å². The predicted molar refractivity (Wildman–Crippen MR) is 127 cm³/mol. The molecule has 3 heteroatoms. The number of aromatic hydroxyl groups is 1. The number of phenols is 1. The molecule has 0 heterocycles. The van der Waals surface area contributed by atoms with Crippen molar-refractivity contribution in [3.8, 4) is 5.75 Å². The molecule has 3 nitrogen and oxygen atoms in total. The topological polar surface area (TPSA) is 57.5 Å². The van der Waals surface area contributed by atoms with Gasteiger partial charge in [-0.3, -0.25) is 0 Å². The van der Waals surface area contributed by atoms with Crippen LogP contribution in [0.5, 0.6) is 5.75 Å². The molecule has 0 bridgehead atoms. The molecule has 0 fully saturated rings. The van der Waals surface area contributed by atoms with Gasteiger partial charge in [-0.15, -0.1) is 0 Å². The molecule has 0 amide bonds. The van der Waals surface area contributed by atoms with Crippen LogP contribution in [0.4, 0.5) is 0 Å². The summed E-state index contributed by atoms with van der Waals surface area (Å²) in [6, 6.07) is 9.29. The molecule has 0 aliphatic heterocycles. The number of aryl methyl sites for hydroxylation is 1. The van der Waals surface area contributed by atoms with Crippen molar-refractivity contribution in [3.05, 3.63) is 41.5 Å². The number of carboxylic acids is 1. The molecule has 0 saturated heterocycles. The van der Waals surface area contributed by atoms with Crippen molar-refractivity contribution >= 4 is 16.7 Å². The summed E-state index contributed by atoms with van der Waals surface area (Å²) in [4.78, 5) is 11.7. The van der Waals surface area contributed by atoms with Gasteiger partial charge in [0, 0.05) is 0 Å². The zero-order valence-electron chi connectivity index (χ0n) is 18.8. The van der Waals surface area contributed by atoms with Crippen molar-refractivity contribution in [2.75, 3.05) is 0 Å². The Morgan fingerprint density at radius 2 is 1.27 bits per heavy atom. The number of carbonyl (C=O) groups is 1. The maximum Gasteiger partial charge on any atom is 0.339 e. The van der Waals surface area contributed by atoms with Crippen molar-refractivity contribution in [2.24, 2.45) is 0 Å². The number of fused-ring (bicyclic) bond motifs is 1. The number of carboxylic acid groups (broad SMARTS) is 1. The molecule has 0 atom stereocenters. The maximum atomic E-state index is 11.7. The summed E-state index contributed by atoms with van der Waals surface area (Å²) in [6.07, 6.45) is 19.0. The first kappa shape index (κ1) is 24.2. The van der Waals surface area contributed by atoms with Crippen molar-refractivity contribution in [3.63, 3.8) is 0 Å². The van der Waals surface area contributed by atoms with Gasteiger partial charge in [-0.1, -0.05) is 115 Å².